The number of carbonyl (C=O) groups excluding carboxylic acids is 1. The van der Waals surface area contributed by atoms with Gasteiger partial charge in [-0.2, -0.15) is 0 Å². The van der Waals surface area contributed by atoms with Crippen LogP contribution in [-0.2, 0) is 4.79 Å². The quantitative estimate of drug-likeness (QED) is 0.634. The van der Waals surface area contributed by atoms with Gasteiger partial charge in [0.1, 0.15) is 0 Å². The van der Waals surface area contributed by atoms with Crippen molar-refractivity contribution in [1.29, 1.82) is 0 Å². The summed E-state index contributed by atoms with van der Waals surface area (Å²) in [6, 6.07) is 6.15. The molecule has 1 amide bonds. The Morgan fingerprint density at radius 2 is 2.40 bits per heavy atom. The second-order valence-corrected chi connectivity index (χ2v) is 5.20. The molecule has 0 radical (unpaired) electrons. The van der Waals surface area contributed by atoms with Crippen molar-refractivity contribution in [3.8, 4) is 0 Å². The molecule has 6 heteroatoms. The number of amides is 1. The van der Waals surface area contributed by atoms with Crippen molar-refractivity contribution in [3.05, 3.63) is 39.9 Å². The van der Waals surface area contributed by atoms with Gasteiger partial charge >= 0.3 is 0 Å². The molecule has 1 heterocycles. The Bertz CT molecular complexity index is 498. The van der Waals surface area contributed by atoms with Gasteiger partial charge in [-0.15, -0.1) is 0 Å². The average molecular weight is 277 g/mol. The number of nitrogens with one attached hydrogen (secondary N) is 2. The predicted octanol–water partition coefficient (Wildman–Crippen LogP) is 1.77. The van der Waals surface area contributed by atoms with Crippen LogP contribution in [0.4, 0.5) is 5.69 Å². The van der Waals surface area contributed by atoms with Gasteiger partial charge in [-0.1, -0.05) is 12.1 Å². The van der Waals surface area contributed by atoms with Gasteiger partial charge in [0.15, 0.2) is 0 Å². The first kappa shape index (κ1) is 14.5. The normalized spacial score (nSPS) is 19.6. The van der Waals surface area contributed by atoms with Crippen molar-refractivity contribution >= 4 is 11.6 Å². The van der Waals surface area contributed by atoms with E-state index in [2.05, 4.69) is 10.6 Å². The molecule has 1 fully saturated rings. The van der Waals surface area contributed by atoms with Crippen LogP contribution >= 0.6 is 0 Å². The minimum absolute atomic E-state index is 0.00212. The van der Waals surface area contributed by atoms with Crippen LogP contribution in [0.25, 0.3) is 0 Å². The van der Waals surface area contributed by atoms with Gasteiger partial charge in [0, 0.05) is 18.6 Å². The molecule has 2 N–H and O–H groups in total. The fraction of sp³-hybridized carbons (Fsp3) is 0.500. The first-order valence-corrected chi connectivity index (χ1v) is 6.80. The average Bonchev–Trinajstić information content (AvgIpc) is 2.91. The number of rotatable bonds is 5. The molecule has 2 rings (SSSR count). The van der Waals surface area contributed by atoms with E-state index in [-0.39, 0.29) is 17.6 Å². The van der Waals surface area contributed by atoms with Gasteiger partial charge in [-0.25, -0.2) is 0 Å². The SMILES string of the molecule is CC(NC(=O)CC1CCNC1)c1cccc([N+](=O)[O-])c1. The highest BCUT2D eigenvalue weighted by Crippen LogP contribution is 2.19. The summed E-state index contributed by atoms with van der Waals surface area (Å²) in [6.45, 7) is 3.70. The maximum atomic E-state index is 11.9. The summed E-state index contributed by atoms with van der Waals surface area (Å²) in [6.07, 6.45) is 1.53. The van der Waals surface area contributed by atoms with E-state index in [9.17, 15) is 14.9 Å². The third-order valence-electron chi connectivity index (χ3n) is 3.59. The van der Waals surface area contributed by atoms with Crippen LogP contribution in [0.3, 0.4) is 0 Å². The summed E-state index contributed by atoms with van der Waals surface area (Å²) in [5.41, 5.74) is 0.792. The molecule has 6 nitrogen and oxygen atoms in total. The Labute approximate surface area is 117 Å². The fourth-order valence-electron chi connectivity index (χ4n) is 2.44. The molecule has 0 saturated carbocycles. The minimum atomic E-state index is -0.428. The maximum absolute atomic E-state index is 11.9. The van der Waals surface area contributed by atoms with Crippen LogP contribution in [0.2, 0.25) is 0 Å². The fourth-order valence-corrected chi connectivity index (χ4v) is 2.44. The topological polar surface area (TPSA) is 84.3 Å². The second-order valence-electron chi connectivity index (χ2n) is 5.20. The molecular formula is C14H19N3O3. The maximum Gasteiger partial charge on any atom is 0.269 e. The largest absolute Gasteiger partial charge is 0.350 e. The molecule has 1 aromatic rings. The molecule has 0 bridgehead atoms. The molecule has 20 heavy (non-hydrogen) atoms. The number of nitro groups is 1. The van der Waals surface area contributed by atoms with E-state index in [0.29, 0.717) is 12.3 Å². The highest BCUT2D eigenvalue weighted by Gasteiger charge is 2.19. The van der Waals surface area contributed by atoms with Crippen molar-refractivity contribution in [1.82, 2.24) is 10.6 Å². The lowest BCUT2D eigenvalue weighted by atomic mass is 10.0. The van der Waals surface area contributed by atoms with Crippen molar-refractivity contribution in [2.75, 3.05) is 13.1 Å². The Morgan fingerprint density at radius 1 is 1.60 bits per heavy atom. The van der Waals surface area contributed by atoms with E-state index in [1.165, 1.54) is 12.1 Å². The Kier molecular flexibility index (Phi) is 4.68. The monoisotopic (exact) mass is 277 g/mol. The number of hydrogen-bond donors (Lipinski definition) is 2. The van der Waals surface area contributed by atoms with Gasteiger partial charge in [0.25, 0.3) is 5.69 Å². The van der Waals surface area contributed by atoms with Gasteiger partial charge in [-0.3, -0.25) is 14.9 Å². The molecule has 0 spiro atoms. The number of carbonyl (C=O) groups is 1. The highest BCUT2D eigenvalue weighted by atomic mass is 16.6. The Morgan fingerprint density at radius 3 is 3.05 bits per heavy atom. The van der Waals surface area contributed by atoms with E-state index in [1.54, 1.807) is 12.1 Å². The zero-order valence-corrected chi connectivity index (χ0v) is 11.5. The molecule has 1 aliphatic rings. The molecule has 1 aliphatic heterocycles. The summed E-state index contributed by atoms with van der Waals surface area (Å²) >= 11 is 0. The van der Waals surface area contributed by atoms with Crippen molar-refractivity contribution in [2.45, 2.75) is 25.8 Å². The summed E-state index contributed by atoms with van der Waals surface area (Å²) < 4.78 is 0. The standard InChI is InChI=1S/C14H19N3O3/c1-10(12-3-2-4-13(8-12)17(19)20)16-14(18)7-11-5-6-15-9-11/h2-4,8,10-11,15H,5-7,9H2,1H3,(H,16,18). The molecule has 2 atom stereocenters. The minimum Gasteiger partial charge on any atom is -0.350 e. The molecule has 0 aromatic heterocycles. The molecule has 108 valence electrons. The second kappa shape index (κ2) is 6.47. The molecular weight excluding hydrogens is 258 g/mol. The molecule has 0 aliphatic carbocycles. The Balaban J connectivity index is 1.93. The van der Waals surface area contributed by atoms with Crippen molar-refractivity contribution < 1.29 is 9.72 Å². The number of hydrogen-bond acceptors (Lipinski definition) is 4. The lowest BCUT2D eigenvalue weighted by molar-refractivity contribution is -0.384. The van der Waals surface area contributed by atoms with Crippen molar-refractivity contribution in [2.24, 2.45) is 5.92 Å². The zero-order chi connectivity index (χ0) is 14.5. The van der Waals surface area contributed by atoms with Crippen molar-refractivity contribution in [3.63, 3.8) is 0 Å². The van der Waals surface area contributed by atoms with E-state index in [4.69, 9.17) is 0 Å². The number of benzene rings is 1. The molecule has 1 aromatic carbocycles. The van der Waals surface area contributed by atoms with E-state index >= 15 is 0 Å². The van der Waals surface area contributed by atoms with Crippen LogP contribution < -0.4 is 10.6 Å². The van der Waals surface area contributed by atoms with E-state index < -0.39 is 4.92 Å². The highest BCUT2D eigenvalue weighted by molar-refractivity contribution is 5.76. The lowest BCUT2D eigenvalue weighted by Gasteiger charge is -2.15. The smallest absolute Gasteiger partial charge is 0.269 e. The van der Waals surface area contributed by atoms with Gasteiger partial charge in [0.05, 0.1) is 11.0 Å². The van der Waals surface area contributed by atoms with Crippen LogP contribution in [0, 0.1) is 16.0 Å². The number of nitro benzene ring substituents is 1. The first-order chi connectivity index (χ1) is 9.56. The lowest BCUT2D eigenvalue weighted by Crippen LogP contribution is -2.28. The van der Waals surface area contributed by atoms with Crippen LogP contribution in [0.5, 0.6) is 0 Å². The molecule has 2 unspecified atom stereocenters. The van der Waals surface area contributed by atoms with Gasteiger partial charge in [0.2, 0.25) is 5.91 Å². The summed E-state index contributed by atoms with van der Waals surface area (Å²) in [4.78, 5) is 22.2. The van der Waals surface area contributed by atoms with Crippen LogP contribution in [0.15, 0.2) is 24.3 Å². The van der Waals surface area contributed by atoms with E-state index in [0.717, 1.165) is 25.1 Å². The summed E-state index contributed by atoms with van der Waals surface area (Å²) in [5.74, 6) is 0.394. The zero-order valence-electron chi connectivity index (χ0n) is 11.5. The van der Waals surface area contributed by atoms with Gasteiger partial charge in [-0.05, 0) is 37.9 Å². The predicted molar refractivity (Wildman–Crippen MR) is 75.2 cm³/mol. The number of non-ortho nitro benzene ring substituents is 1. The Hall–Kier alpha value is -1.95. The summed E-state index contributed by atoms with van der Waals surface area (Å²) in [7, 11) is 0. The third-order valence-corrected chi connectivity index (χ3v) is 3.59. The van der Waals surface area contributed by atoms with Crippen LogP contribution in [-0.4, -0.2) is 23.9 Å². The van der Waals surface area contributed by atoms with Crippen LogP contribution in [0.1, 0.15) is 31.4 Å². The van der Waals surface area contributed by atoms with Gasteiger partial charge < -0.3 is 10.6 Å². The molecule has 1 saturated heterocycles. The first-order valence-electron chi connectivity index (χ1n) is 6.80. The number of nitrogens with zero attached hydrogens (tertiary/aromatic N) is 1. The van der Waals surface area contributed by atoms with E-state index in [1.807, 2.05) is 6.92 Å². The third kappa shape index (κ3) is 3.77. The summed E-state index contributed by atoms with van der Waals surface area (Å²) in [5, 5.41) is 16.9.